The third-order valence-corrected chi connectivity index (χ3v) is 6.72. The van der Waals surface area contributed by atoms with Crippen molar-refractivity contribution in [2.75, 3.05) is 9.44 Å². The van der Waals surface area contributed by atoms with Crippen LogP contribution in [-0.4, -0.2) is 16.8 Å². The minimum atomic E-state index is -4.41. The quantitative estimate of drug-likeness (QED) is 0.578. The molecule has 0 aromatic heterocycles. The number of anilines is 2. The van der Waals surface area contributed by atoms with Crippen LogP contribution >= 0.6 is 11.6 Å². The maximum atomic E-state index is 13.8. The molecule has 0 bridgehead atoms. The lowest BCUT2D eigenvalue weighted by atomic mass is 10.3. The number of halogens is 3. The molecule has 29 heavy (non-hydrogen) atoms. The molecular weight excluding hydrogens is 446 g/mol. The third-order valence-electron chi connectivity index (χ3n) is 3.68. The summed E-state index contributed by atoms with van der Waals surface area (Å²) in [6, 6.07) is 12.9. The zero-order valence-corrected chi connectivity index (χ0v) is 16.8. The Kier molecular flexibility index (Phi) is 5.78. The van der Waals surface area contributed by atoms with Gasteiger partial charge in [0.15, 0.2) is 0 Å². The number of hydrogen-bond acceptors (Lipinski definition) is 4. The van der Waals surface area contributed by atoms with Crippen LogP contribution in [0.3, 0.4) is 0 Å². The van der Waals surface area contributed by atoms with E-state index in [2.05, 4.69) is 9.44 Å². The molecule has 0 saturated carbocycles. The van der Waals surface area contributed by atoms with Crippen molar-refractivity contribution in [3.8, 4) is 0 Å². The molecule has 3 aromatic carbocycles. The molecule has 2 N–H and O–H groups in total. The van der Waals surface area contributed by atoms with Crippen molar-refractivity contribution >= 4 is 43.0 Å². The molecule has 152 valence electrons. The van der Waals surface area contributed by atoms with E-state index in [9.17, 15) is 25.6 Å². The molecule has 0 heterocycles. The average molecular weight is 459 g/mol. The number of nitrogens with one attached hydrogen (secondary N) is 2. The summed E-state index contributed by atoms with van der Waals surface area (Å²) < 4.78 is 81.1. The second-order valence-corrected chi connectivity index (χ2v) is 9.59. The smallest absolute Gasteiger partial charge is 0.264 e. The maximum absolute atomic E-state index is 13.8. The summed E-state index contributed by atoms with van der Waals surface area (Å²) in [6.45, 7) is 0. The standard InChI is InChI=1S/C18H13ClF2N2O4S2/c19-12-4-7-14(8-5-12)22-28(24,25)16-3-1-2-15(11-16)23-29(26,27)18-9-6-13(20)10-17(18)21/h1-11,22-23H. The van der Waals surface area contributed by atoms with Crippen LogP contribution in [0.5, 0.6) is 0 Å². The average Bonchev–Trinajstić information content (AvgIpc) is 2.63. The Morgan fingerprint density at radius 2 is 1.38 bits per heavy atom. The highest BCUT2D eigenvalue weighted by atomic mass is 35.5. The SMILES string of the molecule is O=S(=O)(Nc1ccc(Cl)cc1)c1cccc(NS(=O)(=O)c2ccc(F)cc2F)c1. The summed E-state index contributed by atoms with van der Waals surface area (Å²) >= 11 is 5.76. The van der Waals surface area contributed by atoms with E-state index in [1.807, 2.05) is 0 Å². The lowest BCUT2D eigenvalue weighted by Crippen LogP contribution is -2.16. The molecule has 6 nitrogen and oxygen atoms in total. The maximum Gasteiger partial charge on any atom is 0.264 e. The van der Waals surface area contributed by atoms with Gasteiger partial charge in [-0.2, -0.15) is 0 Å². The second kappa shape index (κ2) is 7.97. The van der Waals surface area contributed by atoms with Crippen molar-refractivity contribution in [2.24, 2.45) is 0 Å². The molecule has 0 aliphatic carbocycles. The lowest BCUT2D eigenvalue weighted by Gasteiger charge is -2.12. The summed E-state index contributed by atoms with van der Waals surface area (Å²) in [5, 5.41) is 0.428. The van der Waals surface area contributed by atoms with E-state index < -0.39 is 36.6 Å². The van der Waals surface area contributed by atoms with Crippen molar-refractivity contribution in [1.29, 1.82) is 0 Å². The molecule has 3 rings (SSSR count). The molecule has 0 atom stereocenters. The van der Waals surface area contributed by atoms with Crippen molar-refractivity contribution < 1.29 is 25.6 Å². The predicted octanol–water partition coefficient (Wildman–Crippen LogP) is 4.22. The Labute approximate surface area is 171 Å². The molecular formula is C18H13ClF2N2O4S2. The molecule has 0 unspecified atom stereocenters. The molecule has 3 aromatic rings. The van der Waals surface area contributed by atoms with E-state index in [-0.39, 0.29) is 16.3 Å². The van der Waals surface area contributed by atoms with Crippen molar-refractivity contribution in [3.63, 3.8) is 0 Å². The Bertz CT molecular complexity index is 1270. The van der Waals surface area contributed by atoms with Gasteiger partial charge in [0, 0.05) is 16.8 Å². The van der Waals surface area contributed by atoms with E-state index in [1.54, 1.807) is 0 Å². The minimum Gasteiger partial charge on any atom is -0.280 e. The van der Waals surface area contributed by atoms with Gasteiger partial charge in [0.25, 0.3) is 20.0 Å². The number of hydrogen-bond donors (Lipinski definition) is 2. The largest absolute Gasteiger partial charge is 0.280 e. The monoisotopic (exact) mass is 458 g/mol. The minimum absolute atomic E-state index is 0.118. The second-order valence-electron chi connectivity index (χ2n) is 5.82. The molecule has 0 aliphatic rings. The zero-order valence-electron chi connectivity index (χ0n) is 14.4. The topological polar surface area (TPSA) is 92.3 Å². The van der Waals surface area contributed by atoms with Crippen LogP contribution in [0.1, 0.15) is 0 Å². The fourth-order valence-electron chi connectivity index (χ4n) is 2.36. The summed E-state index contributed by atoms with van der Waals surface area (Å²) in [6.07, 6.45) is 0. The Hall–Kier alpha value is -2.69. The molecule has 0 aliphatic heterocycles. The van der Waals surface area contributed by atoms with Gasteiger partial charge in [0.1, 0.15) is 16.5 Å². The van der Waals surface area contributed by atoms with Gasteiger partial charge < -0.3 is 0 Å². The van der Waals surface area contributed by atoms with Crippen molar-refractivity contribution in [3.05, 3.63) is 83.4 Å². The van der Waals surface area contributed by atoms with Crippen LogP contribution in [0, 0.1) is 11.6 Å². The van der Waals surface area contributed by atoms with Crippen LogP contribution in [0.4, 0.5) is 20.2 Å². The first-order valence-electron chi connectivity index (χ1n) is 7.93. The molecule has 0 radical (unpaired) electrons. The van der Waals surface area contributed by atoms with E-state index in [0.717, 1.165) is 18.2 Å². The summed E-state index contributed by atoms with van der Waals surface area (Å²) in [4.78, 5) is -1.00. The van der Waals surface area contributed by atoms with Gasteiger partial charge in [-0.3, -0.25) is 9.44 Å². The molecule has 0 saturated heterocycles. The first-order chi connectivity index (χ1) is 13.6. The first kappa shape index (κ1) is 21.0. The van der Waals surface area contributed by atoms with Gasteiger partial charge in [-0.15, -0.1) is 0 Å². The lowest BCUT2D eigenvalue weighted by molar-refractivity contribution is 0.551. The highest BCUT2D eigenvalue weighted by molar-refractivity contribution is 7.93. The highest BCUT2D eigenvalue weighted by Crippen LogP contribution is 2.23. The third kappa shape index (κ3) is 5.03. The van der Waals surface area contributed by atoms with Crippen LogP contribution < -0.4 is 9.44 Å². The zero-order chi connectivity index (χ0) is 21.2. The number of sulfonamides is 2. The summed E-state index contributed by atoms with van der Waals surface area (Å²) in [5.74, 6) is -2.20. The predicted molar refractivity (Wildman–Crippen MR) is 106 cm³/mol. The van der Waals surface area contributed by atoms with Gasteiger partial charge in [0.05, 0.1) is 10.6 Å². The van der Waals surface area contributed by atoms with Crippen LogP contribution in [0.25, 0.3) is 0 Å². The molecule has 0 spiro atoms. The fraction of sp³-hybridized carbons (Fsp3) is 0. The van der Waals surface area contributed by atoms with E-state index >= 15 is 0 Å². The van der Waals surface area contributed by atoms with Crippen molar-refractivity contribution in [1.82, 2.24) is 0 Å². The van der Waals surface area contributed by atoms with E-state index in [4.69, 9.17) is 11.6 Å². The van der Waals surface area contributed by atoms with Crippen LogP contribution in [-0.2, 0) is 20.0 Å². The first-order valence-corrected chi connectivity index (χ1v) is 11.3. The van der Waals surface area contributed by atoms with Crippen LogP contribution in [0.2, 0.25) is 5.02 Å². The van der Waals surface area contributed by atoms with E-state index in [0.29, 0.717) is 11.1 Å². The molecule has 0 amide bonds. The Balaban J connectivity index is 1.88. The summed E-state index contributed by atoms with van der Waals surface area (Å²) in [5.41, 5.74) is 0.140. The van der Waals surface area contributed by atoms with Gasteiger partial charge >= 0.3 is 0 Å². The number of rotatable bonds is 6. The normalized spacial score (nSPS) is 11.8. The van der Waals surface area contributed by atoms with Gasteiger partial charge in [-0.1, -0.05) is 17.7 Å². The van der Waals surface area contributed by atoms with Gasteiger partial charge in [-0.25, -0.2) is 25.6 Å². The van der Waals surface area contributed by atoms with Gasteiger partial charge in [0.2, 0.25) is 0 Å². The van der Waals surface area contributed by atoms with Gasteiger partial charge in [-0.05, 0) is 54.6 Å². The van der Waals surface area contributed by atoms with E-state index in [1.165, 1.54) is 42.5 Å². The number of benzene rings is 3. The van der Waals surface area contributed by atoms with Crippen molar-refractivity contribution in [2.45, 2.75) is 9.79 Å². The van der Waals surface area contributed by atoms with Crippen LogP contribution in [0.15, 0.2) is 76.5 Å². The highest BCUT2D eigenvalue weighted by Gasteiger charge is 2.21. The molecule has 0 fully saturated rings. The molecule has 11 heteroatoms. The fourth-order valence-corrected chi connectivity index (χ4v) is 4.70. The Morgan fingerprint density at radius 3 is 2.03 bits per heavy atom. The summed E-state index contributed by atoms with van der Waals surface area (Å²) in [7, 11) is -8.44. The Morgan fingerprint density at radius 1 is 0.724 bits per heavy atom.